The van der Waals surface area contributed by atoms with Gasteiger partial charge >= 0.3 is 0 Å². The first kappa shape index (κ1) is 16.6. The summed E-state index contributed by atoms with van der Waals surface area (Å²) in [5.41, 5.74) is -0.892. The number of carbonyl (C=O) groups is 1. The van der Waals surface area contributed by atoms with Crippen LogP contribution in [0.3, 0.4) is 0 Å². The summed E-state index contributed by atoms with van der Waals surface area (Å²) in [5.74, 6) is 1.03. The van der Waals surface area contributed by atoms with E-state index in [-0.39, 0.29) is 11.8 Å². The van der Waals surface area contributed by atoms with Gasteiger partial charge < -0.3 is 10.4 Å². The van der Waals surface area contributed by atoms with Gasteiger partial charge in [-0.25, -0.2) is 0 Å². The maximum Gasteiger partial charge on any atom is 0.220 e. The first-order chi connectivity index (χ1) is 11.2. The van der Waals surface area contributed by atoms with E-state index in [9.17, 15) is 9.90 Å². The largest absolute Gasteiger partial charge is 0.382 e. The fourth-order valence-electron chi connectivity index (χ4n) is 2.62. The lowest BCUT2D eigenvalue weighted by Gasteiger charge is -2.27. The van der Waals surface area contributed by atoms with Crippen molar-refractivity contribution in [3.05, 3.63) is 52.7 Å². The van der Waals surface area contributed by atoms with Crippen molar-refractivity contribution < 1.29 is 9.90 Å². The van der Waals surface area contributed by atoms with E-state index in [1.54, 1.807) is 23.1 Å². The molecule has 23 heavy (non-hydrogen) atoms. The van der Waals surface area contributed by atoms with Gasteiger partial charge in [0.1, 0.15) is 5.60 Å². The minimum absolute atomic E-state index is 0.00376. The third-order valence-electron chi connectivity index (χ3n) is 4.10. The lowest BCUT2D eigenvalue weighted by atomic mass is 9.95. The molecule has 0 bridgehead atoms. The molecule has 0 unspecified atom stereocenters. The highest BCUT2D eigenvalue weighted by Gasteiger charge is 2.45. The molecule has 1 amide bonds. The zero-order valence-electron chi connectivity index (χ0n) is 12.9. The Kier molecular flexibility index (Phi) is 5.41. The molecule has 1 saturated carbocycles. The lowest BCUT2D eigenvalue weighted by Crippen LogP contribution is -2.42. The molecule has 122 valence electrons. The second-order valence-electron chi connectivity index (χ2n) is 5.86. The van der Waals surface area contributed by atoms with Crippen LogP contribution in [-0.4, -0.2) is 23.3 Å². The lowest BCUT2D eigenvalue weighted by molar-refractivity contribution is -0.122. The molecular formula is C18H21NO2S2. The van der Waals surface area contributed by atoms with Crippen LogP contribution in [0, 0.1) is 5.92 Å². The molecule has 1 aliphatic carbocycles. The summed E-state index contributed by atoms with van der Waals surface area (Å²) in [6.45, 7) is 0.313. The van der Waals surface area contributed by atoms with Gasteiger partial charge in [-0.05, 0) is 42.3 Å². The van der Waals surface area contributed by atoms with E-state index in [0.717, 1.165) is 23.5 Å². The zero-order valence-corrected chi connectivity index (χ0v) is 14.5. The Morgan fingerprint density at radius 1 is 1.26 bits per heavy atom. The van der Waals surface area contributed by atoms with Crippen LogP contribution < -0.4 is 5.32 Å². The summed E-state index contributed by atoms with van der Waals surface area (Å²) in [6, 6.07) is 14.0. The Hall–Kier alpha value is -1.30. The van der Waals surface area contributed by atoms with Crippen LogP contribution in [0.15, 0.2) is 52.7 Å². The molecular weight excluding hydrogens is 326 g/mol. The maximum absolute atomic E-state index is 12.1. The smallest absolute Gasteiger partial charge is 0.220 e. The molecule has 0 spiro atoms. The molecule has 1 aromatic carbocycles. The highest BCUT2D eigenvalue weighted by atomic mass is 32.2. The molecule has 2 aromatic rings. The molecule has 3 rings (SSSR count). The van der Waals surface area contributed by atoms with Gasteiger partial charge in [-0.2, -0.15) is 0 Å². The minimum atomic E-state index is -0.892. The topological polar surface area (TPSA) is 49.3 Å². The quantitative estimate of drug-likeness (QED) is 0.717. The SMILES string of the molecule is O=C(CCSc1ccccc1)NC[C@@](O)(c1cccs1)C1CC1. The molecule has 1 fully saturated rings. The molecule has 1 atom stereocenters. The van der Waals surface area contributed by atoms with Crippen molar-refractivity contribution in [2.45, 2.75) is 29.8 Å². The molecule has 0 saturated heterocycles. The third-order valence-corrected chi connectivity index (χ3v) is 6.15. The number of rotatable bonds is 8. The Labute approximate surface area is 145 Å². The summed E-state index contributed by atoms with van der Waals surface area (Å²) in [4.78, 5) is 14.2. The fourth-order valence-corrected chi connectivity index (χ4v) is 4.39. The predicted molar refractivity (Wildman–Crippen MR) is 95.7 cm³/mol. The Morgan fingerprint density at radius 2 is 2.04 bits per heavy atom. The van der Waals surface area contributed by atoms with Crippen LogP contribution in [0.4, 0.5) is 0 Å². The number of carbonyl (C=O) groups excluding carboxylic acids is 1. The van der Waals surface area contributed by atoms with Gasteiger partial charge in [0.2, 0.25) is 5.91 Å². The predicted octanol–water partition coefficient (Wildman–Crippen LogP) is 3.64. The van der Waals surface area contributed by atoms with Crippen molar-refractivity contribution >= 4 is 29.0 Å². The molecule has 1 heterocycles. The average molecular weight is 348 g/mol. The normalized spacial score (nSPS) is 16.7. The van der Waals surface area contributed by atoms with Crippen LogP contribution in [0.5, 0.6) is 0 Å². The van der Waals surface area contributed by atoms with E-state index in [2.05, 4.69) is 5.32 Å². The molecule has 3 nitrogen and oxygen atoms in total. The number of amides is 1. The van der Waals surface area contributed by atoms with Crippen molar-refractivity contribution in [2.75, 3.05) is 12.3 Å². The van der Waals surface area contributed by atoms with Crippen LogP contribution in [0.25, 0.3) is 0 Å². The van der Waals surface area contributed by atoms with Gasteiger partial charge in [0.15, 0.2) is 0 Å². The second-order valence-corrected chi connectivity index (χ2v) is 7.98. The number of benzene rings is 1. The van der Waals surface area contributed by atoms with Crippen molar-refractivity contribution in [1.82, 2.24) is 5.32 Å². The van der Waals surface area contributed by atoms with Crippen molar-refractivity contribution in [3.63, 3.8) is 0 Å². The Balaban J connectivity index is 1.46. The molecule has 1 aliphatic rings. The summed E-state index contributed by atoms with van der Waals surface area (Å²) < 4.78 is 0. The zero-order chi connectivity index (χ0) is 16.1. The van der Waals surface area contributed by atoms with Gasteiger partial charge in [0.05, 0.1) is 6.54 Å². The van der Waals surface area contributed by atoms with E-state index >= 15 is 0 Å². The van der Waals surface area contributed by atoms with E-state index in [1.807, 2.05) is 47.8 Å². The summed E-state index contributed by atoms with van der Waals surface area (Å²) in [7, 11) is 0. The first-order valence-electron chi connectivity index (χ1n) is 7.89. The maximum atomic E-state index is 12.1. The summed E-state index contributed by atoms with van der Waals surface area (Å²) in [5, 5.41) is 15.9. The number of nitrogens with one attached hydrogen (secondary N) is 1. The van der Waals surface area contributed by atoms with Crippen LogP contribution in [0.2, 0.25) is 0 Å². The van der Waals surface area contributed by atoms with Crippen molar-refractivity contribution in [1.29, 1.82) is 0 Å². The highest BCUT2D eigenvalue weighted by Crippen LogP contribution is 2.46. The van der Waals surface area contributed by atoms with Gasteiger partial charge in [-0.1, -0.05) is 24.3 Å². The highest BCUT2D eigenvalue weighted by molar-refractivity contribution is 7.99. The number of hydrogen-bond acceptors (Lipinski definition) is 4. The van der Waals surface area contributed by atoms with Gasteiger partial charge in [0.25, 0.3) is 0 Å². The monoisotopic (exact) mass is 347 g/mol. The van der Waals surface area contributed by atoms with E-state index in [0.29, 0.717) is 13.0 Å². The molecule has 0 aliphatic heterocycles. The number of thiophene rings is 1. The standard InChI is InChI=1S/C18H21NO2S2/c20-17(10-12-22-15-5-2-1-3-6-15)19-13-18(21,14-8-9-14)16-7-4-11-23-16/h1-7,11,14,21H,8-10,12-13H2,(H,19,20)/t18-/m0/s1. The second kappa shape index (κ2) is 7.51. The molecule has 5 heteroatoms. The summed E-state index contributed by atoms with van der Waals surface area (Å²) >= 11 is 3.24. The Morgan fingerprint density at radius 3 is 2.70 bits per heavy atom. The Bertz CT molecular complexity index is 626. The number of thioether (sulfide) groups is 1. The number of aliphatic hydroxyl groups is 1. The van der Waals surface area contributed by atoms with E-state index in [4.69, 9.17) is 0 Å². The fraction of sp³-hybridized carbons (Fsp3) is 0.389. The minimum Gasteiger partial charge on any atom is -0.382 e. The van der Waals surface area contributed by atoms with E-state index < -0.39 is 5.60 Å². The van der Waals surface area contributed by atoms with Crippen LogP contribution in [0.1, 0.15) is 24.1 Å². The van der Waals surface area contributed by atoms with Crippen LogP contribution in [-0.2, 0) is 10.4 Å². The molecule has 0 radical (unpaired) electrons. The summed E-state index contributed by atoms with van der Waals surface area (Å²) in [6.07, 6.45) is 2.53. The third kappa shape index (κ3) is 4.37. The van der Waals surface area contributed by atoms with Gasteiger partial charge in [-0.3, -0.25) is 4.79 Å². The van der Waals surface area contributed by atoms with Gasteiger partial charge in [0, 0.05) is 21.9 Å². The van der Waals surface area contributed by atoms with Gasteiger partial charge in [-0.15, -0.1) is 23.1 Å². The molecule has 1 aromatic heterocycles. The van der Waals surface area contributed by atoms with Crippen molar-refractivity contribution in [3.8, 4) is 0 Å². The van der Waals surface area contributed by atoms with Crippen LogP contribution >= 0.6 is 23.1 Å². The number of hydrogen-bond donors (Lipinski definition) is 2. The first-order valence-corrected chi connectivity index (χ1v) is 9.76. The molecule has 2 N–H and O–H groups in total. The van der Waals surface area contributed by atoms with E-state index in [1.165, 1.54) is 4.90 Å². The van der Waals surface area contributed by atoms with Crippen molar-refractivity contribution in [2.24, 2.45) is 5.92 Å². The average Bonchev–Trinajstić information content (AvgIpc) is 3.29.